The molecule has 3 heterocycles. The van der Waals surface area contributed by atoms with Gasteiger partial charge in [-0.15, -0.1) is 11.3 Å². The summed E-state index contributed by atoms with van der Waals surface area (Å²) in [5, 5.41) is 1.32. The van der Waals surface area contributed by atoms with E-state index in [0.29, 0.717) is 41.6 Å². The highest BCUT2D eigenvalue weighted by atomic mass is 32.2. The Morgan fingerprint density at radius 2 is 2.00 bits per heavy atom. The molecule has 0 spiro atoms. The van der Waals surface area contributed by atoms with Crippen LogP contribution >= 0.6 is 23.1 Å². The number of benzene rings is 2. The van der Waals surface area contributed by atoms with Gasteiger partial charge in [0.15, 0.2) is 5.16 Å². The molecule has 4 aromatic rings. The van der Waals surface area contributed by atoms with Gasteiger partial charge in [-0.25, -0.2) is 4.98 Å². The number of thiophene rings is 1. The standard InChI is InChI=1S/C26H25N3O3S2/c1-16-7-9-18(10-8-16)15-33-26-27-24-23(21-11-12-28(17(2)30)14-22(21)34-24)25(31)29(26)19-5-4-6-20(13-19)32-3/h4-10,13H,11-12,14-15H2,1-3H3. The first-order valence-corrected chi connectivity index (χ1v) is 12.9. The Bertz CT molecular complexity index is 1440. The molecule has 0 radical (unpaired) electrons. The number of thioether (sulfide) groups is 1. The summed E-state index contributed by atoms with van der Waals surface area (Å²) in [6.07, 6.45) is 0.666. The Morgan fingerprint density at radius 3 is 2.74 bits per heavy atom. The summed E-state index contributed by atoms with van der Waals surface area (Å²) in [6, 6.07) is 15.9. The molecule has 6 nitrogen and oxygen atoms in total. The first-order chi connectivity index (χ1) is 16.4. The van der Waals surface area contributed by atoms with Crippen molar-refractivity contribution in [1.29, 1.82) is 0 Å². The Kier molecular flexibility index (Phi) is 6.18. The number of hydrogen-bond acceptors (Lipinski definition) is 6. The minimum Gasteiger partial charge on any atom is -0.497 e. The number of nitrogens with zero attached hydrogens (tertiary/aromatic N) is 3. The van der Waals surface area contributed by atoms with E-state index >= 15 is 0 Å². The van der Waals surface area contributed by atoms with Crippen LogP contribution in [0.15, 0.2) is 58.5 Å². The van der Waals surface area contributed by atoms with Crippen LogP contribution in [0.4, 0.5) is 0 Å². The molecule has 1 aliphatic rings. The average molecular weight is 492 g/mol. The van der Waals surface area contributed by atoms with Crippen molar-refractivity contribution >= 4 is 39.2 Å². The molecule has 0 atom stereocenters. The number of ether oxygens (including phenoxy) is 1. The third-order valence-corrected chi connectivity index (χ3v) is 8.21. The number of carbonyl (C=O) groups excluding carboxylic acids is 1. The number of rotatable bonds is 5. The lowest BCUT2D eigenvalue weighted by Gasteiger charge is -2.25. The van der Waals surface area contributed by atoms with Crippen LogP contribution in [0.2, 0.25) is 0 Å². The predicted molar refractivity (Wildman–Crippen MR) is 137 cm³/mol. The van der Waals surface area contributed by atoms with Crippen LogP contribution in [-0.2, 0) is 23.5 Å². The van der Waals surface area contributed by atoms with E-state index in [1.54, 1.807) is 30.4 Å². The Morgan fingerprint density at radius 1 is 1.21 bits per heavy atom. The molecular weight excluding hydrogens is 466 g/mol. The number of hydrogen-bond donors (Lipinski definition) is 0. The fourth-order valence-corrected chi connectivity index (χ4v) is 6.44. The van der Waals surface area contributed by atoms with Gasteiger partial charge in [-0.2, -0.15) is 0 Å². The van der Waals surface area contributed by atoms with E-state index in [9.17, 15) is 9.59 Å². The first kappa shape index (κ1) is 22.7. The molecule has 0 N–H and O–H groups in total. The molecule has 34 heavy (non-hydrogen) atoms. The van der Waals surface area contributed by atoms with Gasteiger partial charge in [0.1, 0.15) is 10.6 Å². The maximum atomic E-state index is 13.9. The minimum atomic E-state index is -0.0709. The van der Waals surface area contributed by atoms with Crippen LogP contribution in [-0.4, -0.2) is 34.0 Å². The SMILES string of the molecule is COc1cccc(-n2c(SCc3ccc(C)cc3)nc3sc4c(c3c2=O)CCN(C(C)=O)C4)c1. The zero-order chi connectivity index (χ0) is 23.8. The van der Waals surface area contributed by atoms with E-state index in [1.165, 1.54) is 22.5 Å². The normalized spacial score (nSPS) is 13.2. The highest BCUT2D eigenvalue weighted by Crippen LogP contribution is 2.35. The molecule has 2 aromatic heterocycles. The third-order valence-electron chi connectivity index (χ3n) is 6.09. The molecule has 1 aliphatic heterocycles. The van der Waals surface area contributed by atoms with Crippen molar-refractivity contribution in [3.05, 3.63) is 80.5 Å². The quantitative estimate of drug-likeness (QED) is 0.292. The summed E-state index contributed by atoms with van der Waals surface area (Å²) in [7, 11) is 1.62. The molecule has 0 fully saturated rings. The number of aromatic nitrogens is 2. The van der Waals surface area contributed by atoms with Gasteiger partial charge in [0, 0.05) is 30.2 Å². The molecule has 0 aliphatic carbocycles. The second-order valence-corrected chi connectivity index (χ2v) is 10.4. The van der Waals surface area contributed by atoms with Crippen LogP contribution in [0, 0.1) is 6.92 Å². The molecule has 1 amide bonds. The predicted octanol–water partition coefficient (Wildman–Crippen LogP) is 4.96. The maximum absolute atomic E-state index is 13.9. The number of amides is 1. The largest absolute Gasteiger partial charge is 0.497 e. The van der Waals surface area contributed by atoms with Gasteiger partial charge < -0.3 is 9.64 Å². The Balaban J connectivity index is 1.64. The fraction of sp³-hybridized carbons (Fsp3) is 0.269. The summed E-state index contributed by atoms with van der Waals surface area (Å²) < 4.78 is 7.12. The van der Waals surface area contributed by atoms with E-state index in [4.69, 9.17) is 9.72 Å². The fourth-order valence-electron chi connectivity index (χ4n) is 4.20. The minimum absolute atomic E-state index is 0.0548. The third kappa shape index (κ3) is 4.23. The van der Waals surface area contributed by atoms with Crippen molar-refractivity contribution < 1.29 is 9.53 Å². The number of fused-ring (bicyclic) bond motifs is 3. The van der Waals surface area contributed by atoms with Crippen molar-refractivity contribution in [2.75, 3.05) is 13.7 Å². The van der Waals surface area contributed by atoms with Crippen molar-refractivity contribution in [3.8, 4) is 11.4 Å². The van der Waals surface area contributed by atoms with Crippen LogP contribution in [0.5, 0.6) is 5.75 Å². The molecule has 2 aromatic carbocycles. The molecule has 5 rings (SSSR count). The van der Waals surface area contributed by atoms with Crippen molar-refractivity contribution in [1.82, 2.24) is 14.5 Å². The van der Waals surface area contributed by atoms with E-state index in [-0.39, 0.29) is 11.5 Å². The van der Waals surface area contributed by atoms with Gasteiger partial charge in [0.2, 0.25) is 5.91 Å². The summed E-state index contributed by atoms with van der Waals surface area (Å²) >= 11 is 3.08. The topological polar surface area (TPSA) is 64.4 Å². The molecule has 0 saturated heterocycles. The smallest absolute Gasteiger partial charge is 0.267 e. The highest BCUT2D eigenvalue weighted by Gasteiger charge is 2.26. The van der Waals surface area contributed by atoms with Crippen LogP contribution in [0.25, 0.3) is 15.9 Å². The molecular formula is C26H25N3O3S2. The summed E-state index contributed by atoms with van der Waals surface area (Å²) in [4.78, 5) is 34.5. The molecule has 174 valence electrons. The number of methoxy groups -OCH3 is 1. The zero-order valence-corrected chi connectivity index (χ0v) is 21.0. The second kappa shape index (κ2) is 9.27. The lowest BCUT2D eigenvalue weighted by atomic mass is 10.1. The summed E-state index contributed by atoms with van der Waals surface area (Å²) in [6.45, 7) is 4.82. The van der Waals surface area contributed by atoms with Crippen LogP contribution in [0.1, 0.15) is 28.5 Å². The lowest BCUT2D eigenvalue weighted by molar-refractivity contribution is -0.129. The van der Waals surface area contributed by atoms with Gasteiger partial charge in [-0.1, -0.05) is 47.7 Å². The highest BCUT2D eigenvalue weighted by molar-refractivity contribution is 7.98. The summed E-state index contributed by atoms with van der Waals surface area (Å²) in [5.74, 6) is 1.44. The van der Waals surface area contributed by atoms with Crippen LogP contribution in [0.3, 0.4) is 0 Å². The van der Waals surface area contributed by atoms with E-state index in [1.807, 2.05) is 29.2 Å². The average Bonchev–Trinajstić information content (AvgIpc) is 3.21. The zero-order valence-electron chi connectivity index (χ0n) is 19.3. The van der Waals surface area contributed by atoms with Crippen molar-refractivity contribution in [3.63, 3.8) is 0 Å². The van der Waals surface area contributed by atoms with Gasteiger partial charge in [0.25, 0.3) is 5.56 Å². The van der Waals surface area contributed by atoms with Crippen molar-refractivity contribution in [2.24, 2.45) is 0 Å². The number of carbonyl (C=O) groups is 1. The van der Waals surface area contributed by atoms with Crippen LogP contribution < -0.4 is 10.3 Å². The monoisotopic (exact) mass is 491 g/mol. The van der Waals surface area contributed by atoms with Gasteiger partial charge in [-0.05, 0) is 36.6 Å². The first-order valence-electron chi connectivity index (χ1n) is 11.1. The summed E-state index contributed by atoms with van der Waals surface area (Å²) in [5.41, 5.74) is 4.07. The van der Waals surface area contributed by atoms with Gasteiger partial charge in [0.05, 0.1) is 24.7 Å². The molecule has 0 saturated carbocycles. The van der Waals surface area contributed by atoms with E-state index in [0.717, 1.165) is 21.0 Å². The number of aryl methyl sites for hydroxylation is 1. The second-order valence-electron chi connectivity index (χ2n) is 8.39. The Labute approximate surface area is 206 Å². The maximum Gasteiger partial charge on any atom is 0.267 e. The lowest BCUT2D eigenvalue weighted by Crippen LogP contribution is -2.34. The molecule has 8 heteroatoms. The Hall–Kier alpha value is -3.10. The van der Waals surface area contributed by atoms with E-state index < -0.39 is 0 Å². The van der Waals surface area contributed by atoms with Crippen molar-refractivity contribution in [2.45, 2.75) is 37.7 Å². The molecule has 0 bridgehead atoms. The van der Waals surface area contributed by atoms with Gasteiger partial charge >= 0.3 is 0 Å². The van der Waals surface area contributed by atoms with Gasteiger partial charge in [-0.3, -0.25) is 14.2 Å². The molecule has 0 unspecified atom stereocenters. The van der Waals surface area contributed by atoms with E-state index in [2.05, 4.69) is 31.2 Å².